The van der Waals surface area contributed by atoms with E-state index in [0.717, 1.165) is 0 Å². The van der Waals surface area contributed by atoms with Gasteiger partial charge in [0.1, 0.15) is 0 Å². The van der Waals surface area contributed by atoms with E-state index in [-0.39, 0.29) is 11.6 Å². The monoisotopic (exact) mass is 338 g/mol. The molecule has 0 unspecified atom stereocenters. The fraction of sp³-hybridized carbons (Fsp3) is 0.154. The average molecular weight is 339 g/mol. The minimum absolute atomic E-state index is 0.0659. The molecule has 104 valence electrons. The molecule has 0 aliphatic heterocycles. The minimum atomic E-state index is -0.610. The van der Waals surface area contributed by atoms with Crippen LogP contribution in [-0.2, 0) is 0 Å². The van der Waals surface area contributed by atoms with Crippen LogP contribution in [0.4, 0.5) is 5.69 Å². The van der Waals surface area contributed by atoms with Gasteiger partial charge in [0.25, 0.3) is 5.69 Å². The Labute approximate surface area is 123 Å². The van der Waals surface area contributed by atoms with Gasteiger partial charge in [-0.25, -0.2) is 4.98 Å². The first-order valence-electron chi connectivity index (χ1n) is 5.73. The molecule has 7 heteroatoms. The largest absolute Gasteiger partial charge is 0.438 e. The molecule has 1 aromatic heterocycles. The van der Waals surface area contributed by atoms with Crippen molar-refractivity contribution in [2.75, 3.05) is 0 Å². The zero-order chi connectivity index (χ0) is 14.7. The first kappa shape index (κ1) is 14.4. The summed E-state index contributed by atoms with van der Waals surface area (Å²) in [4.78, 5) is 14.3. The lowest BCUT2D eigenvalue weighted by Gasteiger charge is -2.08. The van der Waals surface area contributed by atoms with Crippen LogP contribution in [0.2, 0.25) is 0 Å². The van der Waals surface area contributed by atoms with Gasteiger partial charge < -0.3 is 9.84 Å². The van der Waals surface area contributed by atoms with E-state index >= 15 is 0 Å². The third-order valence-electron chi connectivity index (χ3n) is 2.58. The Hall–Kier alpha value is -1.99. The Bertz CT molecular complexity index is 629. The van der Waals surface area contributed by atoms with Crippen LogP contribution in [0.1, 0.15) is 18.6 Å². The third kappa shape index (κ3) is 3.31. The number of nitro groups is 1. The van der Waals surface area contributed by atoms with Crippen LogP contribution in [0.5, 0.6) is 11.6 Å². The summed E-state index contributed by atoms with van der Waals surface area (Å²) in [6, 6.07) is 7.50. The van der Waals surface area contributed by atoms with E-state index in [1.54, 1.807) is 19.1 Å². The summed E-state index contributed by atoms with van der Waals surface area (Å²) in [5.74, 6) is 0.590. The van der Waals surface area contributed by atoms with Gasteiger partial charge in [-0.2, -0.15) is 0 Å². The highest BCUT2D eigenvalue weighted by Gasteiger charge is 2.12. The maximum absolute atomic E-state index is 10.7. The summed E-state index contributed by atoms with van der Waals surface area (Å²) in [7, 11) is 0. The van der Waals surface area contributed by atoms with Crippen molar-refractivity contribution in [1.82, 2.24) is 4.98 Å². The van der Waals surface area contributed by atoms with Crippen LogP contribution >= 0.6 is 15.9 Å². The van der Waals surface area contributed by atoms with Crippen molar-refractivity contribution in [3.8, 4) is 11.6 Å². The van der Waals surface area contributed by atoms with Crippen molar-refractivity contribution in [1.29, 1.82) is 0 Å². The first-order chi connectivity index (χ1) is 9.47. The number of rotatable bonds is 4. The summed E-state index contributed by atoms with van der Waals surface area (Å²) < 4.78 is 6.08. The van der Waals surface area contributed by atoms with Crippen molar-refractivity contribution in [3.05, 3.63) is 56.7 Å². The Morgan fingerprint density at radius 1 is 1.40 bits per heavy atom. The van der Waals surface area contributed by atoms with E-state index in [2.05, 4.69) is 20.9 Å². The molecular formula is C13H11BrN2O4. The lowest BCUT2D eigenvalue weighted by atomic mass is 10.2. The Morgan fingerprint density at radius 3 is 2.70 bits per heavy atom. The van der Waals surface area contributed by atoms with Gasteiger partial charge in [-0.3, -0.25) is 10.1 Å². The highest BCUT2D eigenvalue weighted by Crippen LogP contribution is 2.32. The predicted molar refractivity (Wildman–Crippen MR) is 75.7 cm³/mol. The van der Waals surface area contributed by atoms with Crippen LogP contribution < -0.4 is 4.74 Å². The molecule has 0 saturated carbocycles. The molecule has 2 rings (SSSR count). The smallest absolute Gasteiger partial charge is 0.273 e. The number of nitrogens with zero attached hydrogens (tertiary/aromatic N) is 2. The quantitative estimate of drug-likeness (QED) is 0.679. The molecule has 0 aliphatic rings. The number of aromatic nitrogens is 1. The molecule has 0 amide bonds. The summed E-state index contributed by atoms with van der Waals surface area (Å²) >= 11 is 3.26. The van der Waals surface area contributed by atoms with Crippen molar-refractivity contribution in [3.63, 3.8) is 0 Å². The molecule has 0 radical (unpaired) electrons. The first-order valence-corrected chi connectivity index (χ1v) is 6.52. The van der Waals surface area contributed by atoms with Gasteiger partial charge in [0.2, 0.25) is 5.88 Å². The van der Waals surface area contributed by atoms with E-state index in [1.807, 2.05) is 0 Å². The van der Waals surface area contributed by atoms with E-state index < -0.39 is 11.0 Å². The highest BCUT2D eigenvalue weighted by molar-refractivity contribution is 9.10. The lowest BCUT2D eigenvalue weighted by molar-refractivity contribution is -0.384. The second-order valence-electron chi connectivity index (χ2n) is 4.08. The van der Waals surface area contributed by atoms with Crippen molar-refractivity contribution < 1.29 is 14.8 Å². The molecule has 0 fully saturated rings. The van der Waals surface area contributed by atoms with Gasteiger partial charge in [-0.15, -0.1) is 0 Å². The van der Waals surface area contributed by atoms with Gasteiger partial charge in [0, 0.05) is 18.3 Å². The number of halogens is 1. The highest BCUT2D eigenvalue weighted by atomic mass is 79.9. The standard InChI is InChI=1S/C13H11BrN2O4/c1-8(17)9-2-5-13(15-7-9)20-12-6-10(16(18)19)3-4-11(12)14/h2-8,17H,1H3/t8-/m1/s1. The predicted octanol–water partition coefficient (Wildman–Crippen LogP) is 3.60. The number of ether oxygens (including phenoxy) is 1. The van der Waals surface area contributed by atoms with Crippen LogP contribution in [0.3, 0.4) is 0 Å². The average Bonchev–Trinajstić information content (AvgIpc) is 2.41. The van der Waals surface area contributed by atoms with Crippen molar-refractivity contribution >= 4 is 21.6 Å². The summed E-state index contributed by atoms with van der Waals surface area (Å²) in [5, 5.41) is 20.1. The number of hydrogen-bond donors (Lipinski definition) is 1. The topological polar surface area (TPSA) is 85.5 Å². The van der Waals surface area contributed by atoms with Crippen LogP contribution in [0.25, 0.3) is 0 Å². The summed E-state index contributed by atoms with van der Waals surface area (Å²) in [6.07, 6.45) is 0.881. The molecule has 6 nitrogen and oxygen atoms in total. The van der Waals surface area contributed by atoms with Crippen molar-refractivity contribution in [2.24, 2.45) is 0 Å². The van der Waals surface area contributed by atoms with E-state index in [0.29, 0.717) is 15.8 Å². The van der Waals surface area contributed by atoms with E-state index in [1.165, 1.54) is 24.4 Å². The summed E-state index contributed by atoms with van der Waals surface area (Å²) in [6.45, 7) is 1.63. The molecule has 1 heterocycles. The molecule has 1 aromatic carbocycles. The van der Waals surface area contributed by atoms with Gasteiger partial charge >= 0.3 is 0 Å². The fourth-order valence-electron chi connectivity index (χ4n) is 1.50. The number of pyridine rings is 1. The maximum atomic E-state index is 10.7. The number of aliphatic hydroxyl groups is 1. The molecule has 1 atom stereocenters. The van der Waals surface area contributed by atoms with Gasteiger partial charge in [0.15, 0.2) is 5.75 Å². The van der Waals surface area contributed by atoms with Crippen molar-refractivity contribution in [2.45, 2.75) is 13.0 Å². The SMILES string of the molecule is C[C@@H](O)c1ccc(Oc2cc([N+](=O)[O-])ccc2Br)nc1. The molecule has 0 bridgehead atoms. The van der Waals surface area contributed by atoms with Crippen LogP contribution in [0.15, 0.2) is 41.0 Å². The molecule has 20 heavy (non-hydrogen) atoms. The Balaban J connectivity index is 2.25. The second kappa shape index (κ2) is 5.98. The number of nitro benzene ring substituents is 1. The molecule has 0 aliphatic carbocycles. The molecule has 0 saturated heterocycles. The van der Waals surface area contributed by atoms with E-state index in [4.69, 9.17) is 4.74 Å². The van der Waals surface area contributed by atoms with Gasteiger partial charge in [0.05, 0.1) is 21.6 Å². The number of hydrogen-bond acceptors (Lipinski definition) is 5. The lowest BCUT2D eigenvalue weighted by Crippen LogP contribution is -1.95. The minimum Gasteiger partial charge on any atom is -0.438 e. The zero-order valence-electron chi connectivity index (χ0n) is 10.5. The van der Waals surface area contributed by atoms with Crippen LogP contribution in [0, 0.1) is 10.1 Å². The van der Waals surface area contributed by atoms with Gasteiger partial charge in [-0.1, -0.05) is 0 Å². The number of non-ortho nitro benzene ring substituents is 1. The third-order valence-corrected chi connectivity index (χ3v) is 3.24. The maximum Gasteiger partial charge on any atom is 0.273 e. The molecular weight excluding hydrogens is 328 g/mol. The number of aliphatic hydroxyl groups excluding tert-OH is 1. The molecule has 2 aromatic rings. The Kier molecular flexibility index (Phi) is 4.31. The normalized spacial score (nSPS) is 11.9. The fourth-order valence-corrected chi connectivity index (χ4v) is 1.82. The number of benzene rings is 1. The molecule has 0 spiro atoms. The van der Waals surface area contributed by atoms with Gasteiger partial charge in [-0.05, 0) is 40.5 Å². The van der Waals surface area contributed by atoms with E-state index in [9.17, 15) is 15.2 Å². The van der Waals surface area contributed by atoms with Crippen LogP contribution in [-0.4, -0.2) is 15.0 Å². The second-order valence-corrected chi connectivity index (χ2v) is 4.93. The summed E-state index contributed by atoms with van der Waals surface area (Å²) in [5.41, 5.74) is 0.597. The zero-order valence-corrected chi connectivity index (χ0v) is 12.1. The molecule has 1 N–H and O–H groups in total. The Morgan fingerprint density at radius 2 is 2.15 bits per heavy atom.